The molecule has 0 saturated carbocycles. The smallest absolute Gasteiger partial charge is 0.270 e. The largest absolute Gasteiger partial charge is 0.381 e. The van der Waals surface area contributed by atoms with Crippen LogP contribution in [0.4, 0.5) is 20.2 Å². The third-order valence-corrected chi connectivity index (χ3v) is 2.94. The molecule has 0 aromatic heterocycles. The molecule has 0 unspecified atom stereocenters. The van der Waals surface area contributed by atoms with Crippen molar-refractivity contribution in [2.24, 2.45) is 0 Å². The zero-order chi connectivity index (χ0) is 14.7. The van der Waals surface area contributed by atoms with Gasteiger partial charge in [0.2, 0.25) is 0 Å². The second kappa shape index (κ2) is 5.83. The van der Waals surface area contributed by atoms with Crippen molar-refractivity contribution in [2.75, 3.05) is 5.32 Å². The van der Waals surface area contributed by atoms with Gasteiger partial charge in [0.25, 0.3) is 5.69 Å². The van der Waals surface area contributed by atoms with E-state index in [0.717, 1.165) is 18.2 Å². The highest BCUT2D eigenvalue weighted by molar-refractivity contribution is 6.31. The molecule has 0 spiro atoms. The average Bonchev–Trinajstić information content (AvgIpc) is 2.36. The fraction of sp³-hybridized carbons (Fsp3) is 0.0769. The Balaban J connectivity index is 2.12. The second-order valence-corrected chi connectivity index (χ2v) is 4.45. The van der Waals surface area contributed by atoms with Crippen LogP contribution in [-0.4, -0.2) is 4.92 Å². The number of anilines is 1. The van der Waals surface area contributed by atoms with Crippen molar-refractivity contribution in [3.05, 3.63) is 68.7 Å². The van der Waals surface area contributed by atoms with E-state index in [4.69, 9.17) is 11.6 Å². The molecular formula is C13H9ClF2N2O2. The molecule has 0 heterocycles. The van der Waals surface area contributed by atoms with Crippen molar-refractivity contribution in [3.63, 3.8) is 0 Å². The van der Waals surface area contributed by atoms with E-state index < -0.39 is 16.6 Å². The molecule has 104 valence electrons. The van der Waals surface area contributed by atoms with E-state index in [1.165, 1.54) is 18.2 Å². The van der Waals surface area contributed by atoms with Gasteiger partial charge in [-0.1, -0.05) is 11.6 Å². The van der Waals surface area contributed by atoms with Gasteiger partial charge in [0.15, 0.2) is 0 Å². The highest BCUT2D eigenvalue weighted by Gasteiger charge is 2.09. The topological polar surface area (TPSA) is 55.2 Å². The first-order valence-electron chi connectivity index (χ1n) is 5.58. The molecule has 0 aliphatic rings. The van der Waals surface area contributed by atoms with Crippen LogP contribution in [0.1, 0.15) is 5.56 Å². The number of hydrogen-bond acceptors (Lipinski definition) is 3. The predicted octanol–water partition coefficient (Wildman–Crippen LogP) is 4.14. The molecule has 1 N–H and O–H groups in total. The molecule has 0 radical (unpaired) electrons. The lowest BCUT2D eigenvalue weighted by atomic mass is 10.2. The number of nitrogens with zero attached hydrogens (tertiary/aromatic N) is 1. The van der Waals surface area contributed by atoms with Crippen molar-refractivity contribution < 1.29 is 13.7 Å². The van der Waals surface area contributed by atoms with E-state index in [1.54, 1.807) is 0 Å². The van der Waals surface area contributed by atoms with Crippen LogP contribution in [0.3, 0.4) is 0 Å². The summed E-state index contributed by atoms with van der Waals surface area (Å²) < 4.78 is 26.0. The highest BCUT2D eigenvalue weighted by Crippen LogP contribution is 2.23. The summed E-state index contributed by atoms with van der Waals surface area (Å²) in [5.41, 5.74) is 0.731. The number of rotatable bonds is 4. The Bertz CT molecular complexity index is 645. The molecule has 2 aromatic rings. The van der Waals surface area contributed by atoms with Gasteiger partial charge in [0.1, 0.15) is 11.6 Å². The van der Waals surface area contributed by atoms with Crippen LogP contribution in [0.25, 0.3) is 0 Å². The van der Waals surface area contributed by atoms with Crippen LogP contribution in [0.2, 0.25) is 5.02 Å². The first-order valence-corrected chi connectivity index (χ1v) is 5.96. The maximum atomic E-state index is 13.0. The highest BCUT2D eigenvalue weighted by atomic mass is 35.5. The van der Waals surface area contributed by atoms with Crippen LogP contribution in [0, 0.1) is 21.7 Å². The zero-order valence-corrected chi connectivity index (χ0v) is 10.8. The number of hydrogen-bond donors (Lipinski definition) is 1. The van der Waals surface area contributed by atoms with E-state index in [2.05, 4.69) is 5.32 Å². The van der Waals surface area contributed by atoms with Gasteiger partial charge >= 0.3 is 0 Å². The van der Waals surface area contributed by atoms with Crippen LogP contribution in [0.15, 0.2) is 36.4 Å². The summed E-state index contributed by atoms with van der Waals surface area (Å²) in [6.45, 7) is 0.194. The Hall–Kier alpha value is -2.21. The first kappa shape index (κ1) is 14.2. The molecule has 20 heavy (non-hydrogen) atoms. The summed E-state index contributed by atoms with van der Waals surface area (Å²) in [5, 5.41) is 13.6. The van der Waals surface area contributed by atoms with Gasteiger partial charge in [0, 0.05) is 30.4 Å². The van der Waals surface area contributed by atoms with Crippen LogP contribution >= 0.6 is 11.6 Å². The monoisotopic (exact) mass is 298 g/mol. The van der Waals surface area contributed by atoms with Crippen LogP contribution in [-0.2, 0) is 6.54 Å². The van der Waals surface area contributed by atoms with E-state index in [1.807, 2.05) is 0 Å². The minimum absolute atomic E-state index is 0.115. The molecule has 0 fully saturated rings. The third-order valence-electron chi connectivity index (χ3n) is 2.59. The Kier molecular flexibility index (Phi) is 4.14. The fourth-order valence-electron chi connectivity index (χ4n) is 1.65. The summed E-state index contributed by atoms with van der Waals surface area (Å²) in [6.07, 6.45) is 0. The van der Waals surface area contributed by atoms with E-state index in [0.29, 0.717) is 5.56 Å². The predicted molar refractivity (Wildman–Crippen MR) is 71.8 cm³/mol. The zero-order valence-electron chi connectivity index (χ0n) is 10.1. The minimum Gasteiger partial charge on any atom is -0.381 e. The summed E-state index contributed by atoms with van der Waals surface area (Å²) >= 11 is 5.91. The SMILES string of the molecule is O=[N+]([O-])c1ccc(CNc2cc(F)cc(F)c2)c(Cl)c1. The van der Waals surface area contributed by atoms with Gasteiger partial charge in [-0.15, -0.1) is 0 Å². The average molecular weight is 299 g/mol. The van der Waals surface area contributed by atoms with Gasteiger partial charge in [-0.25, -0.2) is 8.78 Å². The number of nitro groups is 1. The lowest BCUT2D eigenvalue weighted by Crippen LogP contribution is -2.01. The van der Waals surface area contributed by atoms with Gasteiger partial charge in [-0.3, -0.25) is 10.1 Å². The van der Waals surface area contributed by atoms with Crippen LogP contribution < -0.4 is 5.32 Å². The number of non-ortho nitro benzene ring substituents is 1. The number of benzene rings is 2. The quantitative estimate of drug-likeness (QED) is 0.682. The Morgan fingerprint density at radius 3 is 2.35 bits per heavy atom. The normalized spacial score (nSPS) is 10.3. The lowest BCUT2D eigenvalue weighted by molar-refractivity contribution is -0.384. The molecule has 0 aliphatic heterocycles. The van der Waals surface area contributed by atoms with Gasteiger partial charge in [-0.05, 0) is 23.8 Å². The molecular weight excluding hydrogens is 290 g/mol. The van der Waals surface area contributed by atoms with Crippen molar-refractivity contribution in [1.29, 1.82) is 0 Å². The number of nitro benzene ring substituents is 1. The molecule has 0 amide bonds. The molecule has 0 aliphatic carbocycles. The van der Waals surface area contributed by atoms with Gasteiger partial charge in [-0.2, -0.15) is 0 Å². The molecule has 0 atom stereocenters. The van der Waals surface area contributed by atoms with Crippen LogP contribution in [0.5, 0.6) is 0 Å². The van der Waals surface area contributed by atoms with E-state index in [9.17, 15) is 18.9 Å². The number of halogens is 3. The van der Waals surface area contributed by atoms with Crippen molar-refractivity contribution in [2.45, 2.75) is 6.54 Å². The second-order valence-electron chi connectivity index (χ2n) is 4.04. The lowest BCUT2D eigenvalue weighted by Gasteiger charge is -2.08. The van der Waals surface area contributed by atoms with Gasteiger partial charge < -0.3 is 5.32 Å². The molecule has 2 aromatic carbocycles. The molecule has 7 heteroatoms. The summed E-state index contributed by atoms with van der Waals surface area (Å²) in [6, 6.07) is 7.08. The van der Waals surface area contributed by atoms with E-state index in [-0.39, 0.29) is 22.9 Å². The van der Waals surface area contributed by atoms with Crippen molar-refractivity contribution >= 4 is 23.0 Å². The third kappa shape index (κ3) is 3.42. The number of nitrogens with one attached hydrogen (secondary N) is 1. The Labute approximate surface area is 118 Å². The molecule has 2 rings (SSSR count). The maximum absolute atomic E-state index is 13.0. The molecule has 0 saturated heterocycles. The molecule has 0 bridgehead atoms. The first-order chi connectivity index (χ1) is 9.45. The summed E-state index contributed by atoms with van der Waals surface area (Å²) in [5.74, 6) is -1.38. The van der Waals surface area contributed by atoms with Crippen molar-refractivity contribution in [1.82, 2.24) is 0 Å². The van der Waals surface area contributed by atoms with Crippen molar-refractivity contribution in [3.8, 4) is 0 Å². The molecule has 4 nitrogen and oxygen atoms in total. The Morgan fingerprint density at radius 1 is 1.15 bits per heavy atom. The van der Waals surface area contributed by atoms with Gasteiger partial charge in [0.05, 0.1) is 9.95 Å². The standard InChI is InChI=1S/C13H9ClF2N2O2/c14-13-6-12(18(19)20)2-1-8(13)7-17-11-4-9(15)3-10(16)5-11/h1-6,17H,7H2. The fourth-order valence-corrected chi connectivity index (χ4v) is 1.89. The van der Waals surface area contributed by atoms with E-state index >= 15 is 0 Å². The maximum Gasteiger partial charge on any atom is 0.270 e. The summed E-state index contributed by atoms with van der Waals surface area (Å²) in [7, 11) is 0. The summed E-state index contributed by atoms with van der Waals surface area (Å²) in [4.78, 5) is 10.0. The Morgan fingerprint density at radius 2 is 1.80 bits per heavy atom. The minimum atomic E-state index is -0.692.